The second-order valence-electron chi connectivity index (χ2n) is 6.68. The minimum Gasteiger partial charge on any atom is -0.493 e. The molecule has 0 bridgehead atoms. The van der Waals surface area contributed by atoms with E-state index in [1.54, 1.807) is 6.07 Å². The van der Waals surface area contributed by atoms with Gasteiger partial charge in [-0.15, -0.1) is 12.4 Å². The van der Waals surface area contributed by atoms with Crippen LogP contribution in [0.5, 0.6) is 5.75 Å². The van der Waals surface area contributed by atoms with E-state index in [4.69, 9.17) is 14.9 Å². The lowest BCUT2D eigenvalue weighted by Crippen LogP contribution is -2.30. The average molecular weight is 352 g/mol. The van der Waals surface area contributed by atoms with Gasteiger partial charge in [0.05, 0.1) is 12.0 Å². The predicted octanol–water partition coefficient (Wildman–Crippen LogP) is 3.98. The van der Waals surface area contributed by atoms with Crippen molar-refractivity contribution in [2.45, 2.75) is 52.0 Å². The second kappa shape index (κ2) is 8.04. The zero-order valence-electron chi connectivity index (χ0n) is 14.3. The Morgan fingerprint density at radius 3 is 2.79 bits per heavy atom. The molecule has 0 spiro atoms. The molecule has 0 aliphatic heterocycles. The van der Waals surface area contributed by atoms with E-state index in [0.717, 1.165) is 41.5 Å². The molecule has 1 aliphatic rings. The summed E-state index contributed by atoms with van der Waals surface area (Å²) in [7, 11) is 0. The number of fused-ring (bicyclic) bond motifs is 1. The lowest BCUT2D eigenvalue weighted by Gasteiger charge is -2.26. The summed E-state index contributed by atoms with van der Waals surface area (Å²) in [4.78, 5) is 11.7. The number of hydrogen-bond donors (Lipinski definition) is 1. The molecule has 2 aromatic rings. The van der Waals surface area contributed by atoms with Crippen LogP contribution in [-0.4, -0.2) is 12.6 Å². The second-order valence-corrected chi connectivity index (χ2v) is 6.68. The molecule has 1 aromatic carbocycles. The molecule has 4 nitrogen and oxygen atoms in total. The van der Waals surface area contributed by atoms with Crippen molar-refractivity contribution in [2.75, 3.05) is 6.61 Å². The summed E-state index contributed by atoms with van der Waals surface area (Å²) in [6.45, 7) is 4.70. The Balaban J connectivity index is 0.00000208. The van der Waals surface area contributed by atoms with Gasteiger partial charge in [0.2, 0.25) is 0 Å². The lowest BCUT2D eigenvalue weighted by molar-refractivity contribution is 0.199. The fourth-order valence-corrected chi connectivity index (χ4v) is 3.55. The summed E-state index contributed by atoms with van der Waals surface area (Å²) in [5.41, 5.74) is 8.39. The van der Waals surface area contributed by atoms with Crippen LogP contribution in [0.1, 0.15) is 43.7 Å². The van der Waals surface area contributed by atoms with Crippen LogP contribution in [-0.2, 0) is 6.42 Å². The molecule has 1 aliphatic carbocycles. The third-order valence-corrected chi connectivity index (χ3v) is 4.71. The molecule has 1 fully saturated rings. The van der Waals surface area contributed by atoms with Crippen molar-refractivity contribution in [2.24, 2.45) is 11.7 Å². The summed E-state index contributed by atoms with van der Waals surface area (Å²) >= 11 is 0. The molecule has 0 unspecified atom stereocenters. The predicted molar refractivity (Wildman–Crippen MR) is 99.3 cm³/mol. The highest BCUT2D eigenvalue weighted by atomic mass is 35.5. The normalized spacial score (nSPS) is 20.6. The van der Waals surface area contributed by atoms with Crippen LogP contribution < -0.4 is 16.1 Å². The third kappa shape index (κ3) is 4.11. The number of rotatable bonds is 4. The minimum absolute atomic E-state index is 0. The van der Waals surface area contributed by atoms with E-state index in [-0.39, 0.29) is 18.0 Å². The molecule has 1 heterocycles. The van der Waals surface area contributed by atoms with Crippen molar-refractivity contribution in [3.05, 3.63) is 39.7 Å². The van der Waals surface area contributed by atoms with Crippen LogP contribution in [0.3, 0.4) is 0 Å². The quantitative estimate of drug-likeness (QED) is 0.846. The molecular weight excluding hydrogens is 326 g/mol. The molecule has 2 N–H and O–H groups in total. The highest BCUT2D eigenvalue weighted by Crippen LogP contribution is 2.31. The van der Waals surface area contributed by atoms with E-state index >= 15 is 0 Å². The summed E-state index contributed by atoms with van der Waals surface area (Å²) in [6, 6.07) is 5.81. The van der Waals surface area contributed by atoms with Crippen LogP contribution in [0.25, 0.3) is 11.0 Å². The molecule has 0 amide bonds. The number of benzene rings is 1. The van der Waals surface area contributed by atoms with Crippen LogP contribution in [0.15, 0.2) is 27.4 Å². The highest BCUT2D eigenvalue weighted by molar-refractivity contribution is 5.87. The number of halogens is 1. The maximum absolute atomic E-state index is 11.7. The monoisotopic (exact) mass is 351 g/mol. The molecule has 1 saturated carbocycles. The van der Waals surface area contributed by atoms with E-state index in [0.29, 0.717) is 24.1 Å². The third-order valence-electron chi connectivity index (χ3n) is 4.71. The van der Waals surface area contributed by atoms with Gasteiger partial charge >= 0.3 is 5.63 Å². The Labute approximate surface area is 148 Å². The summed E-state index contributed by atoms with van der Waals surface area (Å²) in [6.07, 6.45) is 5.27. The topological polar surface area (TPSA) is 65.5 Å². The molecule has 2 atom stereocenters. The molecule has 132 valence electrons. The number of nitrogens with two attached hydrogens (primary N) is 1. The Bertz CT molecular complexity index is 756. The number of aryl methyl sites for hydroxylation is 2. The average Bonchev–Trinajstić information content (AvgIpc) is 2.51. The largest absolute Gasteiger partial charge is 0.493 e. The van der Waals surface area contributed by atoms with E-state index in [1.807, 2.05) is 26.0 Å². The first kappa shape index (κ1) is 18.8. The van der Waals surface area contributed by atoms with Gasteiger partial charge in [-0.3, -0.25) is 0 Å². The Morgan fingerprint density at radius 2 is 2.08 bits per heavy atom. The van der Waals surface area contributed by atoms with Gasteiger partial charge in [0.1, 0.15) is 11.3 Å². The number of ether oxygens (including phenoxy) is 1. The Kier molecular flexibility index (Phi) is 6.30. The summed E-state index contributed by atoms with van der Waals surface area (Å²) < 4.78 is 11.5. The van der Waals surface area contributed by atoms with Crippen molar-refractivity contribution >= 4 is 23.4 Å². The summed E-state index contributed by atoms with van der Waals surface area (Å²) in [5, 5.41) is 0.929. The molecule has 1 aromatic heterocycles. The van der Waals surface area contributed by atoms with Crippen molar-refractivity contribution in [1.82, 2.24) is 0 Å². The standard InChI is InChI=1S/C19H25NO3.ClH/c1-3-14-10-18(21)23-17-8-12(2)7-16(19(14)17)22-11-13-5-4-6-15(20)9-13;/h7-8,10,13,15H,3-6,9,11,20H2,1-2H3;1H/t13-,15-;/m0./s1. The van der Waals surface area contributed by atoms with E-state index in [1.165, 1.54) is 12.8 Å². The highest BCUT2D eigenvalue weighted by Gasteiger charge is 2.20. The van der Waals surface area contributed by atoms with Crippen molar-refractivity contribution in [1.29, 1.82) is 0 Å². The zero-order chi connectivity index (χ0) is 16.4. The van der Waals surface area contributed by atoms with Gasteiger partial charge in [-0.1, -0.05) is 13.3 Å². The first-order chi connectivity index (χ1) is 11.1. The first-order valence-electron chi connectivity index (χ1n) is 8.52. The SMILES string of the molecule is CCc1cc(=O)oc2cc(C)cc(OC[C@H]3CCC[C@H](N)C3)c12.Cl. The van der Waals surface area contributed by atoms with Gasteiger partial charge in [0, 0.05) is 12.1 Å². The molecule has 0 radical (unpaired) electrons. The van der Waals surface area contributed by atoms with Crippen molar-refractivity contribution in [3.8, 4) is 5.75 Å². The molecule has 0 saturated heterocycles. The maximum atomic E-state index is 11.7. The maximum Gasteiger partial charge on any atom is 0.336 e. The minimum atomic E-state index is -0.302. The van der Waals surface area contributed by atoms with E-state index in [9.17, 15) is 4.79 Å². The molecule has 24 heavy (non-hydrogen) atoms. The van der Waals surface area contributed by atoms with Gasteiger partial charge in [0.25, 0.3) is 0 Å². The van der Waals surface area contributed by atoms with Crippen LogP contribution in [0, 0.1) is 12.8 Å². The number of hydrogen-bond acceptors (Lipinski definition) is 4. The molecular formula is C19H26ClNO3. The first-order valence-corrected chi connectivity index (χ1v) is 8.52. The molecule has 3 rings (SSSR count). The Morgan fingerprint density at radius 1 is 1.29 bits per heavy atom. The van der Waals surface area contributed by atoms with Gasteiger partial charge in [-0.05, 0) is 61.8 Å². The zero-order valence-corrected chi connectivity index (χ0v) is 15.2. The van der Waals surface area contributed by atoms with Gasteiger partial charge in [-0.2, -0.15) is 0 Å². The fraction of sp³-hybridized carbons (Fsp3) is 0.526. The van der Waals surface area contributed by atoms with Gasteiger partial charge in [-0.25, -0.2) is 4.79 Å². The van der Waals surface area contributed by atoms with E-state index in [2.05, 4.69) is 0 Å². The smallest absolute Gasteiger partial charge is 0.336 e. The van der Waals surface area contributed by atoms with Crippen molar-refractivity contribution < 1.29 is 9.15 Å². The fourth-order valence-electron chi connectivity index (χ4n) is 3.55. The van der Waals surface area contributed by atoms with E-state index < -0.39 is 0 Å². The lowest BCUT2D eigenvalue weighted by atomic mass is 9.87. The van der Waals surface area contributed by atoms with Crippen LogP contribution >= 0.6 is 12.4 Å². The van der Waals surface area contributed by atoms with Crippen LogP contribution in [0.4, 0.5) is 0 Å². The van der Waals surface area contributed by atoms with Crippen molar-refractivity contribution in [3.63, 3.8) is 0 Å². The Hall–Kier alpha value is -1.52. The van der Waals surface area contributed by atoms with Crippen LogP contribution in [0.2, 0.25) is 0 Å². The molecule has 5 heteroatoms. The summed E-state index contributed by atoms with van der Waals surface area (Å²) in [5.74, 6) is 1.33. The van der Waals surface area contributed by atoms with Gasteiger partial charge in [0.15, 0.2) is 0 Å². The van der Waals surface area contributed by atoms with Gasteiger partial charge < -0.3 is 14.9 Å².